The number of hydrogen-bond donors (Lipinski definition) is 1. The summed E-state index contributed by atoms with van der Waals surface area (Å²) in [6.45, 7) is 2.80. The molecule has 0 spiro atoms. The van der Waals surface area contributed by atoms with Gasteiger partial charge in [-0.1, -0.05) is 32.6 Å². The number of anilines is 1. The quantitative estimate of drug-likeness (QED) is 0.884. The number of hydrogen-bond acceptors (Lipinski definition) is 3. The average molecular weight is 261 g/mol. The van der Waals surface area contributed by atoms with Gasteiger partial charge >= 0.3 is 0 Å². The number of rotatable bonds is 5. The summed E-state index contributed by atoms with van der Waals surface area (Å²) in [5, 5.41) is 0. The maximum Gasteiger partial charge on any atom is 0.129 e. The van der Waals surface area contributed by atoms with Crippen molar-refractivity contribution >= 4 is 5.82 Å². The minimum Gasteiger partial charge on any atom is -0.357 e. The standard InChI is InChI=1S/C16H27N3/c1-3-7-14-10-13(12-17)11-16(18-14)19(2)15-8-5-4-6-9-15/h10-11,15H,3-9,12,17H2,1-2H3. The van der Waals surface area contributed by atoms with E-state index in [4.69, 9.17) is 10.7 Å². The van der Waals surface area contributed by atoms with Crippen molar-refractivity contribution < 1.29 is 0 Å². The average Bonchev–Trinajstić information content (AvgIpc) is 2.47. The second-order valence-electron chi connectivity index (χ2n) is 5.68. The van der Waals surface area contributed by atoms with E-state index in [1.807, 2.05) is 0 Å². The zero-order valence-electron chi connectivity index (χ0n) is 12.4. The number of aromatic nitrogens is 1. The minimum atomic E-state index is 0.602. The Morgan fingerprint density at radius 2 is 2.00 bits per heavy atom. The topological polar surface area (TPSA) is 42.1 Å². The molecule has 3 nitrogen and oxygen atoms in total. The van der Waals surface area contributed by atoms with E-state index in [0.29, 0.717) is 12.6 Å². The smallest absolute Gasteiger partial charge is 0.129 e. The third-order valence-corrected chi connectivity index (χ3v) is 4.15. The molecule has 0 unspecified atom stereocenters. The third-order valence-electron chi connectivity index (χ3n) is 4.15. The summed E-state index contributed by atoms with van der Waals surface area (Å²) in [5.41, 5.74) is 8.20. The maximum atomic E-state index is 5.82. The Morgan fingerprint density at radius 3 is 2.63 bits per heavy atom. The first kappa shape index (κ1) is 14.3. The van der Waals surface area contributed by atoms with Crippen molar-refractivity contribution in [3.8, 4) is 0 Å². The Labute approximate surface area is 117 Å². The zero-order valence-corrected chi connectivity index (χ0v) is 12.4. The van der Waals surface area contributed by atoms with Crippen molar-refractivity contribution in [3.63, 3.8) is 0 Å². The molecule has 0 aliphatic heterocycles. The maximum absolute atomic E-state index is 5.82. The summed E-state index contributed by atoms with van der Waals surface area (Å²) in [6, 6.07) is 4.97. The molecule has 19 heavy (non-hydrogen) atoms. The van der Waals surface area contributed by atoms with Gasteiger partial charge in [0.15, 0.2) is 0 Å². The molecule has 2 N–H and O–H groups in total. The fourth-order valence-corrected chi connectivity index (χ4v) is 2.97. The van der Waals surface area contributed by atoms with Crippen LogP contribution in [0.4, 0.5) is 5.82 Å². The van der Waals surface area contributed by atoms with Crippen molar-refractivity contribution in [2.75, 3.05) is 11.9 Å². The molecular formula is C16H27N3. The van der Waals surface area contributed by atoms with E-state index in [1.165, 1.54) is 43.4 Å². The Bertz CT molecular complexity index is 397. The molecular weight excluding hydrogens is 234 g/mol. The molecule has 0 bridgehead atoms. The monoisotopic (exact) mass is 261 g/mol. The lowest BCUT2D eigenvalue weighted by molar-refractivity contribution is 0.426. The first-order chi connectivity index (χ1) is 9.24. The second kappa shape index (κ2) is 6.90. The normalized spacial score (nSPS) is 16.6. The number of nitrogens with two attached hydrogens (primary N) is 1. The highest BCUT2D eigenvalue weighted by atomic mass is 15.2. The van der Waals surface area contributed by atoms with Crippen LogP contribution in [0.25, 0.3) is 0 Å². The lowest BCUT2D eigenvalue weighted by atomic mass is 9.94. The van der Waals surface area contributed by atoms with Crippen molar-refractivity contribution in [1.82, 2.24) is 4.98 Å². The molecule has 1 fully saturated rings. The number of nitrogens with zero attached hydrogens (tertiary/aromatic N) is 2. The molecule has 1 aliphatic carbocycles. The summed E-state index contributed by atoms with van der Waals surface area (Å²) < 4.78 is 0. The lowest BCUT2D eigenvalue weighted by Gasteiger charge is -2.32. The highest BCUT2D eigenvalue weighted by Gasteiger charge is 2.19. The van der Waals surface area contributed by atoms with E-state index in [-0.39, 0.29) is 0 Å². The van der Waals surface area contributed by atoms with Gasteiger partial charge in [0, 0.05) is 25.3 Å². The van der Waals surface area contributed by atoms with Crippen LogP contribution in [0.2, 0.25) is 0 Å². The van der Waals surface area contributed by atoms with Gasteiger partial charge in [-0.15, -0.1) is 0 Å². The second-order valence-corrected chi connectivity index (χ2v) is 5.68. The fourth-order valence-electron chi connectivity index (χ4n) is 2.97. The first-order valence-corrected chi connectivity index (χ1v) is 7.67. The van der Waals surface area contributed by atoms with Gasteiger partial charge in [0.1, 0.15) is 5.82 Å². The minimum absolute atomic E-state index is 0.602. The number of aryl methyl sites for hydroxylation is 1. The summed E-state index contributed by atoms with van der Waals surface area (Å²) in [5.74, 6) is 1.11. The molecule has 0 saturated heterocycles. The van der Waals surface area contributed by atoms with Gasteiger partial charge < -0.3 is 10.6 Å². The molecule has 0 aromatic carbocycles. The van der Waals surface area contributed by atoms with Crippen LogP contribution in [-0.2, 0) is 13.0 Å². The Hall–Kier alpha value is -1.09. The van der Waals surface area contributed by atoms with E-state index in [2.05, 4.69) is 31.0 Å². The SMILES string of the molecule is CCCc1cc(CN)cc(N(C)C2CCCCC2)n1. The van der Waals surface area contributed by atoms with Crippen molar-refractivity contribution in [2.45, 2.75) is 64.5 Å². The molecule has 1 heterocycles. The van der Waals surface area contributed by atoms with Gasteiger partial charge in [0.25, 0.3) is 0 Å². The van der Waals surface area contributed by atoms with E-state index in [9.17, 15) is 0 Å². The molecule has 0 amide bonds. The molecule has 1 saturated carbocycles. The molecule has 2 rings (SSSR count). The van der Waals surface area contributed by atoms with E-state index < -0.39 is 0 Å². The van der Waals surface area contributed by atoms with Crippen LogP contribution in [0.15, 0.2) is 12.1 Å². The van der Waals surface area contributed by atoms with Crippen molar-refractivity contribution in [1.29, 1.82) is 0 Å². The highest BCUT2D eigenvalue weighted by molar-refractivity contribution is 5.43. The van der Waals surface area contributed by atoms with Crippen LogP contribution in [-0.4, -0.2) is 18.1 Å². The zero-order chi connectivity index (χ0) is 13.7. The number of pyridine rings is 1. The summed E-state index contributed by atoms with van der Waals surface area (Å²) in [7, 11) is 2.19. The predicted molar refractivity (Wildman–Crippen MR) is 81.4 cm³/mol. The van der Waals surface area contributed by atoms with Crippen LogP contribution >= 0.6 is 0 Å². The molecule has 0 radical (unpaired) electrons. The first-order valence-electron chi connectivity index (χ1n) is 7.67. The van der Waals surface area contributed by atoms with E-state index in [1.54, 1.807) is 0 Å². The highest BCUT2D eigenvalue weighted by Crippen LogP contribution is 2.26. The third kappa shape index (κ3) is 3.69. The molecule has 106 valence electrons. The fraction of sp³-hybridized carbons (Fsp3) is 0.688. The molecule has 1 aliphatic rings. The van der Waals surface area contributed by atoms with Crippen LogP contribution in [0.1, 0.15) is 56.7 Å². The Balaban J connectivity index is 2.18. The Kier molecular flexibility index (Phi) is 5.20. The molecule has 1 aromatic rings. The van der Waals surface area contributed by atoms with Gasteiger partial charge in [-0.2, -0.15) is 0 Å². The van der Waals surface area contributed by atoms with Crippen LogP contribution in [0, 0.1) is 0 Å². The molecule has 0 atom stereocenters. The van der Waals surface area contributed by atoms with E-state index >= 15 is 0 Å². The molecule has 1 aromatic heterocycles. The van der Waals surface area contributed by atoms with Gasteiger partial charge in [-0.05, 0) is 37.0 Å². The lowest BCUT2D eigenvalue weighted by Crippen LogP contribution is -2.34. The van der Waals surface area contributed by atoms with Crippen molar-refractivity contribution in [3.05, 3.63) is 23.4 Å². The van der Waals surface area contributed by atoms with Crippen LogP contribution < -0.4 is 10.6 Å². The van der Waals surface area contributed by atoms with Gasteiger partial charge in [-0.25, -0.2) is 4.98 Å². The summed E-state index contributed by atoms with van der Waals surface area (Å²) in [6.07, 6.45) is 8.87. The van der Waals surface area contributed by atoms with Gasteiger partial charge in [-0.3, -0.25) is 0 Å². The Morgan fingerprint density at radius 1 is 1.26 bits per heavy atom. The summed E-state index contributed by atoms with van der Waals surface area (Å²) >= 11 is 0. The van der Waals surface area contributed by atoms with Gasteiger partial charge in [0.05, 0.1) is 0 Å². The molecule has 3 heteroatoms. The van der Waals surface area contributed by atoms with Gasteiger partial charge in [0.2, 0.25) is 0 Å². The van der Waals surface area contributed by atoms with Crippen molar-refractivity contribution in [2.24, 2.45) is 5.73 Å². The van der Waals surface area contributed by atoms with Crippen LogP contribution in [0.3, 0.4) is 0 Å². The van der Waals surface area contributed by atoms with Crippen LogP contribution in [0.5, 0.6) is 0 Å². The summed E-state index contributed by atoms with van der Waals surface area (Å²) in [4.78, 5) is 7.19. The predicted octanol–water partition coefficient (Wildman–Crippen LogP) is 3.26. The largest absolute Gasteiger partial charge is 0.357 e. The van der Waals surface area contributed by atoms with E-state index in [0.717, 1.165) is 18.7 Å².